The predicted octanol–water partition coefficient (Wildman–Crippen LogP) is 1.07. The molecule has 180 valence electrons. The van der Waals surface area contributed by atoms with Gasteiger partial charge >= 0.3 is 6.01 Å². The molecule has 3 aromatic rings. The van der Waals surface area contributed by atoms with E-state index < -0.39 is 0 Å². The van der Waals surface area contributed by atoms with Crippen LogP contribution in [-0.2, 0) is 16.0 Å². The summed E-state index contributed by atoms with van der Waals surface area (Å²) in [4.78, 5) is 4.12. The Balaban J connectivity index is 1.23. The molecule has 2 aliphatic rings. The summed E-state index contributed by atoms with van der Waals surface area (Å²) in [5, 5.41) is 14.5. The van der Waals surface area contributed by atoms with E-state index in [-0.39, 0.29) is 24.3 Å². The van der Waals surface area contributed by atoms with E-state index in [4.69, 9.17) is 14.2 Å². The monoisotopic (exact) mass is 466 g/mol. The summed E-state index contributed by atoms with van der Waals surface area (Å²) >= 11 is 0. The first kappa shape index (κ1) is 22.6. The number of hydrogen-bond acceptors (Lipinski definition) is 8. The molecular formula is C24H32N7O3+. The van der Waals surface area contributed by atoms with Crippen LogP contribution in [0.4, 0.5) is 11.4 Å². The molecule has 0 aliphatic carbocycles. The van der Waals surface area contributed by atoms with Gasteiger partial charge in [-0.05, 0) is 34.7 Å². The predicted molar refractivity (Wildman–Crippen MR) is 127 cm³/mol. The van der Waals surface area contributed by atoms with Gasteiger partial charge in [0, 0.05) is 51.2 Å². The van der Waals surface area contributed by atoms with Gasteiger partial charge in [0.25, 0.3) is 0 Å². The smallest absolute Gasteiger partial charge is 0.341 e. The summed E-state index contributed by atoms with van der Waals surface area (Å²) in [5.74, 6) is 0.677. The van der Waals surface area contributed by atoms with Crippen LogP contribution in [-0.4, -0.2) is 79.9 Å². The third-order valence-electron chi connectivity index (χ3n) is 6.49. The SMILES string of the molecule is CN(C)c1ccc(C[NH2+][C@H]2CO[C@H]3[C@@H]2OC[C@@H]3n2nnnc2Oc2cccc(N(C)C)c2)cc1. The number of anilines is 2. The Bertz CT molecular complexity index is 1100. The Kier molecular flexibility index (Phi) is 6.36. The molecule has 2 fully saturated rings. The lowest BCUT2D eigenvalue weighted by atomic mass is 10.1. The van der Waals surface area contributed by atoms with Crippen LogP contribution in [0.5, 0.6) is 11.8 Å². The van der Waals surface area contributed by atoms with Crippen molar-refractivity contribution >= 4 is 11.4 Å². The van der Waals surface area contributed by atoms with Crippen molar-refractivity contribution in [1.29, 1.82) is 0 Å². The Morgan fingerprint density at radius 2 is 1.74 bits per heavy atom. The highest BCUT2D eigenvalue weighted by Gasteiger charge is 2.51. The minimum absolute atomic E-state index is 0.0137. The largest absolute Gasteiger partial charge is 0.423 e. The fourth-order valence-electron chi connectivity index (χ4n) is 4.53. The molecule has 0 saturated carbocycles. The standard InChI is InChI=1S/C24H31N7O3/c1-29(2)17-10-8-16(9-11-17)13-25-20-14-32-23-21(15-33-22(20)23)31-24(26-27-28-31)34-19-7-5-6-18(12-19)30(3)4/h5-12,20-23,25H,13-15H2,1-4H3/p+1/t20-,21-,22+,23+/m0/s1. The summed E-state index contributed by atoms with van der Waals surface area (Å²) < 4.78 is 20.1. The maximum atomic E-state index is 6.18. The van der Waals surface area contributed by atoms with E-state index >= 15 is 0 Å². The van der Waals surface area contributed by atoms with E-state index in [1.54, 1.807) is 4.68 Å². The lowest BCUT2D eigenvalue weighted by Crippen LogP contribution is -2.91. The van der Waals surface area contributed by atoms with Crippen molar-refractivity contribution in [2.75, 3.05) is 51.2 Å². The molecule has 34 heavy (non-hydrogen) atoms. The fourth-order valence-corrected chi connectivity index (χ4v) is 4.53. The first-order chi connectivity index (χ1) is 16.5. The normalized spacial score (nSPS) is 23.6. The van der Waals surface area contributed by atoms with Crippen LogP contribution in [0.15, 0.2) is 48.5 Å². The average Bonchev–Trinajstić information content (AvgIpc) is 3.55. The van der Waals surface area contributed by atoms with Gasteiger partial charge in [-0.2, -0.15) is 4.68 Å². The number of ether oxygens (including phenoxy) is 3. The highest BCUT2D eigenvalue weighted by atomic mass is 16.6. The fraction of sp³-hybridized carbons (Fsp3) is 0.458. The molecular weight excluding hydrogens is 434 g/mol. The Labute approximate surface area is 199 Å². The second-order valence-corrected chi connectivity index (χ2v) is 9.23. The van der Waals surface area contributed by atoms with E-state index in [9.17, 15) is 0 Å². The number of nitrogens with two attached hydrogens (primary N) is 1. The number of tetrazole rings is 1. The van der Waals surface area contributed by atoms with Gasteiger partial charge in [-0.3, -0.25) is 0 Å². The molecule has 0 spiro atoms. The third-order valence-corrected chi connectivity index (χ3v) is 6.49. The maximum absolute atomic E-state index is 6.18. The summed E-state index contributed by atoms with van der Waals surface area (Å²) in [7, 11) is 8.08. The zero-order valence-corrected chi connectivity index (χ0v) is 20.0. The second-order valence-electron chi connectivity index (χ2n) is 9.23. The van der Waals surface area contributed by atoms with Crippen LogP contribution in [0.3, 0.4) is 0 Å². The summed E-state index contributed by atoms with van der Waals surface area (Å²) in [6, 6.07) is 16.9. The minimum Gasteiger partial charge on any atom is -0.423 e. The summed E-state index contributed by atoms with van der Waals surface area (Å²) in [6.07, 6.45) is -0.128. The molecule has 2 aliphatic heterocycles. The molecule has 2 saturated heterocycles. The van der Waals surface area contributed by atoms with Gasteiger partial charge < -0.3 is 29.3 Å². The van der Waals surface area contributed by atoms with Crippen LogP contribution in [0, 0.1) is 0 Å². The zero-order valence-electron chi connectivity index (χ0n) is 20.0. The lowest BCUT2D eigenvalue weighted by Gasteiger charge is -2.17. The van der Waals surface area contributed by atoms with Crippen LogP contribution < -0.4 is 19.9 Å². The van der Waals surface area contributed by atoms with E-state index in [0.29, 0.717) is 25.0 Å². The van der Waals surface area contributed by atoms with Crippen molar-refractivity contribution in [3.63, 3.8) is 0 Å². The van der Waals surface area contributed by atoms with E-state index in [1.807, 2.05) is 57.4 Å². The molecule has 5 rings (SSSR count). The number of nitrogens with zero attached hydrogens (tertiary/aromatic N) is 6. The highest BCUT2D eigenvalue weighted by Crippen LogP contribution is 2.35. The molecule has 3 heterocycles. The van der Waals surface area contributed by atoms with Crippen molar-refractivity contribution in [2.45, 2.75) is 30.8 Å². The number of aromatic nitrogens is 4. The average molecular weight is 467 g/mol. The maximum Gasteiger partial charge on any atom is 0.341 e. The Hall–Kier alpha value is -3.21. The first-order valence-electron chi connectivity index (χ1n) is 11.6. The van der Waals surface area contributed by atoms with Gasteiger partial charge in [-0.15, -0.1) is 0 Å². The lowest BCUT2D eigenvalue weighted by molar-refractivity contribution is -0.707. The summed E-state index contributed by atoms with van der Waals surface area (Å²) in [5.41, 5.74) is 3.51. The molecule has 0 radical (unpaired) electrons. The molecule has 2 aromatic carbocycles. The quantitative estimate of drug-likeness (QED) is 0.527. The van der Waals surface area contributed by atoms with Crippen molar-refractivity contribution in [2.24, 2.45) is 0 Å². The van der Waals surface area contributed by atoms with Gasteiger partial charge in [0.05, 0.1) is 6.61 Å². The molecule has 10 heteroatoms. The zero-order chi connectivity index (χ0) is 23.7. The molecule has 0 amide bonds. The van der Waals surface area contributed by atoms with Crippen molar-refractivity contribution in [3.05, 3.63) is 54.1 Å². The Morgan fingerprint density at radius 1 is 0.971 bits per heavy atom. The van der Waals surface area contributed by atoms with Crippen molar-refractivity contribution < 1.29 is 19.5 Å². The molecule has 10 nitrogen and oxygen atoms in total. The first-order valence-corrected chi connectivity index (χ1v) is 11.6. The molecule has 0 bridgehead atoms. The topological polar surface area (TPSA) is 94.4 Å². The number of quaternary nitrogens is 1. The van der Waals surface area contributed by atoms with Gasteiger partial charge in [0.2, 0.25) is 0 Å². The van der Waals surface area contributed by atoms with E-state index in [2.05, 4.69) is 50.0 Å². The summed E-state index contributed by atoms with van der Waals surface area (Å²) in [6.45, 7) is 1.99. The van der Waals surface area contributed by atoms with Gasteiger partial charge in [0.15, 0.2) is 0 Å². The minimum atomic E-state index is -0.134. The van der Waals surface area contributed by atoms with Crippen LogP contribution in [0.2, 0.25) is 0 Å². The number of benzene rings is 2. The molecule has 2 N–H and O–H groups in total. The van der Waals surface area contributed by atoms with Crippen molar-refractivity contribution in [1.82, 2.24) is 20.2 Å². The molecule has 1 aromatic heterocycles. The van der Waals surface area contributed by atoms with Crippen LogP contribution >= 0.6 is 0 Å². The highest BCUT2D eigenvalue weighted by molar-refractivity contribution is 5.49. The second kappa shape index (κ2) is 9.57. The van der Waals surface area contributed by atoms with E-state index in [1.165, 1.54) is 11.3 Å². The number of hydrogen-bond donors (Lipinski definition) is 1. The Morgan fingerprint density at radius 3 is 2.50 bits per heavy atom. The van der Waals surface area contributed by atoms with Crippen LogP contribution in [0.25, 0.3) is 0 Å². The van der Waals surface area contributed by atoms with E-state index in [0.717, 1.165) is 12.2 Å². The third kappa shape index (κ3) is 4.56. The molecule has 0 unspecified atom stereocenters. The molecule has 4 atom stereocenters. The van der Waals surface area contributed by atoms with Crippen LogP contribution in [0.1, 0.15) is 11.6 Å². The van der Waals surface area contributed by atoms with Gasteiger partial charge in [0.1, 0.15) is 43.2 Å². The van der Waals surface area contributed by atoms with Gasteiger partial charge in [-0.25, -0.2) is 0 Å². The number of rotatable bonds is 8. The number of fused-ring (bicyclic) bond motifs is 1. The van der Waals surface area contributed by atoms with Gasteiger partial charge in [-0.1, -0.05) is 23.3 Å². The van der Waals surface area contributed by atoms with Crippen molar-refractivity contribution in [3.8, 4) is 11.8 Å².